The number of rotatable bonds is 5. The van der Waals surface area contributed by atoms with Crippen molar-refractivity contribution in [3.05, 3.63) is 34.1 Å². The lowest BCUT2D eigenvalue weighted by Crippen LogP contribution is -2.16. The highest BCUT2D eigenvalue weighted by molar-refractivity contribution is 7.07. The van der Waals surface area contributed by atoms with Crippen LogP contribution >= 0.6 is 11.3 Å². The lowest BCUT2D eigenvalue weighted by Gasteiger charge is -1.99. The topological polar surface area (TPSA) is 51.0 Å². The normalized spacial score (nSPS) is 10.7. The van der Waals surface area contributed by atoms with Crippen LogP contribution in [-0.4, -0.2) is 16.7 Å². The lowest BCUT2D eigenvalue weighted by molar-refractivity contribution is 0.365. The number of hydrogen-bond donors (Lipinski definition) is 1. The first kappa shape index (κ1) is 10.3. The number of hydrogen-bond acceptors (Lipinski definition) is 5. The summed E-state index contributed by atoms with van der Waals surface area (Å²) in [4.78, 5) is 4.11. The summed E-state index contributed by atoms with van der Waals surface area (Å²) in [5.41, 5.74) is 1.37. The molecule has 4 nitrogen and oxygen atoms in total. The molecule has 2 aromatic heterocycles. The van der Waals surface area contributed by atoms with Crippen molar-refractivity contribution in [3.63, 3.8) is 0 Å². The Morgan fingerprint density at radius 2 is 2.47 bits per heavy atom. The standard InChI is InChI=1S/C10H13N3OS/c1-8-12-10(14-13-8)6-11-4-2-9-3-5-15-7-9/h3,5,7,11H,2,4,6H2,1H3. The van der Waals surface area contributed by atoms with Gasteiger partial charge in [-0.25, -0.2) is 0 Å². The van der Waals surface area contributed by atoms with Crippen LogP contribution in [0.4, 0.5) is 0 Å². The zero-order valence-electron chi connectivity index (χ0n) is 8.56. The van der Waals surface area contributed by atoms with E-state index in [1.165, 1.54) is 5.56 Å². The van der Waals surface area contributed by atoms with Gasteiger partial charge in [-0.15, -0.1) is 0 Å². The largest absolute Gasteiger partial charge is 0.338 e. The molecule has 1 N–H and O–H groups in total. The summed E-state index contributed by atoms with van der Waals surface area (Å²) in [6.07, 6.45) is 1.04. The third-order valence-electron chi connectivity index (χ3n) is 2.02. The molecule has 2 heterocycles. The summed E-state index contributed by atoms with van der Waals surface area (Å²) in [6.45, 7) is 3.39. The van der Waals surface area contributed by atoms with E-state index < -0.39 is 0 Å². The maximum absolute atomic E-state index is 4.98. The smallest absolute Gasteiger partial charge is 0.240 e. The van der Waals surface area contributed by atoms with Gasteiger partial charge in [-0.3, -0.25) is 0 Å². The molecule has 0 fully saturated rings. The maximum atomic E-state index is 4.98. The van der Waals surface area contributed by atoms with E-state index in [2.05, 4.69) is 32.3 Å². The Balaban J connectivity index is 1.67. The highest BCUT2D eigenvalue weighted by Crippen LogP contribution is 2.05. The van der Waals surface area contributed by atoms with Gasteiger partial charge < -0.3 is 9.84 Å². The number of thiophene rings is 1. The van der Waals surface area contributed by atoms with E-state index in [0.717, 1.165) is 13.0 Å². The Morgan fingerprint density at radius 1 is 1.53 bits per heavy atom. The fraction of sp³-hybridized carbons (Fsp3) is 0.400. The second-order valence-electron chi connectivity index (χ2n) is 3.29. The van der Waals surface area contributed by atoms with Gasteiger partial charge >= 0.3 is 0 Å². The second-order valence-corrected chi connectivity index (χ2v) is 4.07. The Bertz CT molecular complexity index is 396. The Labute approximate surface area is 92.3 Å². The van der Waals surface area contributed by atoms with Crippen LogP contribution in [-0.2, 0) is 13.0 Å². The molecule has 0 aliphatic heterocycles. The zero-order chi connectivity index (χ0) is 10.5. The van der Waals surface area contributed by atoms with Crippen molar-refractivity contribution < 1.29 is 4.52 Å². The van der Waals surface area contributed by atoms with E-state index in [4.69, 9.17) is 4.52 Å². The number of aromatic nitrogens is 2. The van der Waals surface area contributed by atoms with Gasteiger partial charge in [0, 0.05) is 0 Å². The Morgan fingerprint density at radius 3 is 3.13 bits per heavy atom. The minimum atomic E-state index is 0.644. The lowest BCUT2D eigenvalue weighted by atomic mass is 10.2. The van der Waals surface area contributed by atoms with Gasteiger partial charge in [0.2, 0.25) is 5.89 Å². The Hall–Kier alpha value is -1.20. The third-order valence-corrected chi connectivity index (χ3v) is 2.75. The zero-order valence-corrected chi connectivity index (χ0v) is 9.38. The molecule has 0 saturated carbocycles. The molecule has 2 aromatic rings. The van der Waals surface area contributed by atoms with Crippen LogP contribution in [0.1, 0.15) is 17.3 Å². The molecule has 0 atom stereocenters. The molecule has 0 radical (unpaired) electrons. The maximum Gasteiger partial charge on any atom is 0.240 e. The average Bonchev–Trinajstić information content (AvgIpc) is 2.84. The minimum Gasteiger partial charge on any atom is -0.338 e. The van der Waals surface area contributed by atoms with Crippen LogP contribution in [0.5, 0.6) is 0 Å². The molecular weight excluding hydrogens is 210 g/mol. The molecule has 80 valence electrons. The first-order valence-corrected chi connectivity index (χ1v) is 5.80. The highest BCUT2D eigenvalue weighted by atomic mass is 32.1. The molecule has 0 aromatic carbocycles. The SMILES string of the molecule is Cc1noc(CNCCc2ccsc2)n1. The molecule has 15 heavy (non-hydrogen) atoms. The van der Waals surface area contributed by atoms with Gasteiger partial charge in [-0.2, -0.15) is 16.3 Å². The van der Waals surface area contributed by atoms with Gasteiger partial charge in [0.1, 0.15) is 0 Å². The minimum absolute atomic E-state index is 0.644. The Kier molecular flexibility index (Phi) is 3.47. The molecule has 0 aliphatic rings. The molecule has 2 rings (SSSR count). The van der Waals surface area contributed by atoms with Crippen molar-refractivity contribution in [3.8, 4) is 0 Å². The predicted molar refractivity (Wildman–Crippen MR) is 58.8 cm³/mol. The van der Waals surface area contributed by atoms with Gasteiger partial charge in [0.05, 0.1) is 6.54 Å². The van der Waals surface area contributed by atoms with Crippen LogP contribution < -0.4 is 5.32 Å². The summed E-state index contributed by atoms with van der Waals surface area (Å²) < 4.78 is 4.98. The van der Waals surface area contributed by atoms with Crippen molar-refractivity contribution in [1.82, 2.24) is 15.5 Å². The summed E-state index contributed by atoms with van der Waals surface area (Å²) in [7, 11) is 0. The first-order valence-electron chi connectivity index (χ1n) is 4.85. The number of nitrogens with one attached hydrogen (secondary N) is 1. The fourth-order valence-corrected chi connectivity index (χ4v) is 1.98. The first-order chi connectivity index (χ1) is 7.34. The van der Waals surface area contributed by atoms with E-state index in [0.29, 0.717) is 18.3 Å². The molecule has 0 amide bonds. The monoisotopic (exact) mass is 223 g/mol. The van der Waals surface area contributed by atoms with Gasteiger partial charge in [-0.05, 0) is 42.3 Å². The molecular formula is C10H13N3OS. The van der Waals surface area contributed by atoms with Crippen molar-refractivity contribution >= 4 is 11.3 Å². The van der Waals surface area contributed by atoms with Gasteiger partial charge in [0.25, 0.3) is 0 Å². The average molecular weight is 223 g/mol. The van der Waals surface area contributed by atoms with E-state index >= 15 is 0 Å². The summed E-state index contributed by atoms with van der Waals surface area (Å²) in [5.74, 6) is 1.34. The second kappa shape index (κ2) is 5.04. The van der Waals surface area contributed by atoms with Gasteiger partial charge in [-0.1, -0.05) is 5.16 Å². The van der Waals surface area contributed by atoms with E-state index in [1.807, 2.05) is 6.92 Å². The van der Waals surface area contributed by atoms with Crippen LogP contribution in [0.3, 0.4) is 0 Å². The van der Waals surface area contributed by atoms with Crippen LogP contribution in [0.15, 0.2) is 21.3 Å². The van der Waals surface area contributed by atoms with Crippen molar-refractivity contribution in [2.24, 2.45) is 0 Å². The molecule has 5 heteroatoms. The molecule has 0 bridgehead atoms. The van der Waals surface area contributed by atoms with Gasteiger partial charge in [0.15, 0.2) is 5.82 Å². The quantitative estimate of drug-likeness (QED) is 0.785. The van der Waals surface area contributed by atoms with Crippen LogP contribution in [0.2, 0.25) is 0 Å². The number of nitrogens with zero attached hydrogens (tertiary/aromatic N) is 2. The van der Waals surface area contributed by atoms with Crippen LogP contribution in [0, 0.1) is 6.92 Å². The molecule has 0 aliphatic carbocycles. The summed E-state index contributed by atoms with van der Waals surface area (Å²) in [6, 6.07) is 2.14. The van der Waals surface area contributed by atoms with E-state index in [1.54, 1.807) is 11.3 Å². The molecule has 0 saturated heterocycles. The van der Waals surface area contributed by atoms with E-state index in [9.17, 15) is 0 Å². The van der Waals surface area contributed by atoms with Crippen LogP contribution in [0.25, 0.3) is 0 Å². The fourth-order valence-electron chi connectivity index (χ4n) is 1.27. The van der Waals surface area contributed by atoms with E-state index in [-0.39, 0.29) is 0 Å². The molecule has 0 unspecified atom stereocenters. The summed E-state index contributed by atoms with van der Waals surface area (Å²) >= 11 is 1.73. The molecule has 0 spiro atoms. The van der Waals surface area contributed by atoms with Crippen molar-refractivity contribution in [2.75, 3.05) is 6.54 Å². The predicted octanol–water partition coefficient (Wildman–Crippen LogP) is 1.77. The highest BCUT2D eigenvalue weighted by Gasteiger charge is 2.01. The van der Waals surface area contributed by atoms with Crippen molar-refractivity contribution in [2.45, 2.75) is 19.9 Å². The number of aryl methyl sites for hydroxylation is 1. The van der Waals surface area contributed by atoms with Crippen molar-refractivity contribution in [1.29, 1.82) is 0 Å². The summed E-state index contributed by atoms with van der Waals surface area (Å²) in [5, 5.41) is 11.2. The third kappa shape index (κ3) is 3.14.